The molecule has 5 nitrogen and oxygen atoms in total. The SMILES string of the molecule is Cc1ccc(/[N+]([O-])=C/C=C/c2ccccc2[N+](=O)[O-])cc1. The van der Waals surface area contributed by atoms with Gasteiger partial charge in [0, 0.05) is 24.3 Å². The van der Waals surface area contributed by atoms with Crippen LogP contribution in [0.25, 0.3) is 6.08 Å². The third kappa shape index (κ3) is 3.76. The van der Waals surface area contributed by atoms with E-state index >= 15 is 0 Å². The molecule has 5 heteroatoms. The maximum atomic E-state index is 11.8. The standard InChI is InChI=1S/C16H14N2O3/c1-13-8-10-15(11-9-13)17(19)12-4-6-14-5-2-3-7-16(14)18(20)21/h2-12H,1H3/b6-4+,17-12-. The number of hydrogen-bond donors (Lipinski definition) is 0. The number of nitro benzene ring substituents is 1. The van der Waals surface area contributed by atoms with Crippen LogP contribution >= 0.6 is 0 Å². The molecule has 0 aliphatic rings. The lowest BCUT2D eigenvalue weighted by Gasteiger charge is -2.01. The number of aryl methyl sites for hydroxylation is 1. The van der Waals surface area contributed by atoms with Crippen LogP contribution in [-0.4, -0.2) is 15.9 Å². The first kappa shape index (κ1) is 14.5. The van der Waals surface area contributed by atoms with E-state index < -0.39 is 4.92 Å². The van der Waals surface area contributed by atoms with Crippen LogP contribution in [0.1, 0.15) is 11.1 Å². The van der Waals surface area contributed by atoms with E-state index in [1.807, 2.05) is 19.1 Å². The van der Waals surface area contributed by atoms with Gasteiger partial charge in [-0.25, -0.2) is 0 Å². The molecule has 21 heavy (non-hydrogen) atoms. The summed E-state index contributed by atoms with van der Waals surface area (Å²) in [6, 6.07) is 13.5. The van der Waals surface area contributed by atoms with Gasteiger partial charge in [0.25, 0.3) is 5.69 Å². The molecule has 0 aromatic heterocycles. The zero-order valence-corrected chi connectivity index (χ0v) is 11.5. The highest BCUT2D eigenvalue weighted by Gasteiger charge is 2.08. The summed E-state index contributed by atoms with van der Waals surface area (Å²) >= 11 is 0. The molecule has 0 aliphatic heterocycles. The molecular weight excluding hydrogens is 268 g/mol. The minimum atomic E-state index is -0.450. The molecule has 0 radical (unpaired) electrons. The van der Waals surface area contributed by atoms with Crippen molar-refractivity contribution < 1.29 is 9.66 Å². The lowest BCUT2D eigenvalue weighted by molar-refractivity contribution is -0.385. The van der Waals surface area contributed by atoms with Crippen LogP contribution in [0, 0.1) is 22.2 Å². The molecule has 2 aromatic carbocycles. The first-order chi connectivity index (χ1) is 10.1. The zero-order chi connectivity index (χ0) is 15.2. The van der Waals surface area contributed by atoms with Gasteiger partial charge in [0.15, 0.2) is 6.21 Å². The van der Waals surface area contributed by atoms with Crippen LogP contribution in [0.3, 0.4) is 0 Å². The molecule has 106 valence electrons. The summed E-state index contributed by atoms with van der Waals surface area (Å²) in [6.45, 7) is 1.94. The van der Waals surface area contributed by atoms with Crippen LogP contribution in [0.4, 0.5) is 11.4 Å². The fourth-order valence-electron chi connectivity index (χ4n) is 1.80. The van der Waals surface area contributed by atoms with Gasteiger partial charge in [0.2, 0.25) is 5.69 Å². The zero-order valence-electron chi connectivity index (χ0n) is 11.5. The first-order valence-electron chi connectivity index (χ1n) is 6.36. The van der Waals surface area contributed by atoms with Gasteiger partial charge in [0.1, 0.15) is 0 Å². The minimum absolute atomic E-state index is 0.00920. The van der Waals surface area contributed by atoms with Crippen molar-refractivity contribution in [2.75, 3.05) is 0 Å². The van der Waals surface area contributed by atoms with E-state index in [1.165, 1.54) is 24.4 Å². The summed E-state index contributed by atoms with van der Waals surface area (Å²) in [4.78, 5) is 10.4. The monoisotopic (exact) mass is 282 g/mol. The molecule has 0 aliphatic carbocycles. The van der Waals surface area contributed by atoms with Crippen LogP contribution < -0.4 is 0 Å². The number of para-hydroxylation sites is 1. The van der Waals surface area contributed by atoms with Gasteiger partial charge in [-0.15, -0.1) is 0 Å². The average molecular weight is 282 g/mol. The number of rotatable bonds is 4. The average Bonchev–Trinajstić information content (AvgIpc) is 2.48. The van der Waals surface area contributed by atoms with Crippen molar-refractivity contribution in [3.05, 3.63) is 81.1 Å². The molecule has 0 saturated carbocycles. The van der Waals surface area contributed by atoms with Crippen LogP contribution in [0.15, 0.2) is 54.6 Å². The van der Waals surface area contributed by atoms with Gasteiger partial charge < -0.3 is 5.21 Å². The summed E-state index contributed by atoms with van der Waals surface area (Å²) < 4.78 is 0.713. The molecule has 0 amide bonds. The van der Waals surface area contributed by atoms with Gasteiger partial charge >= 0.3 is 0 Å². The highest BCUT2D eigenvalue weighted by Crippen LogP contribution is 2.18. The van der Waals surface area contributed by atoms with E-state index in [1.54, 1.807) is 30.3 Å². The van der Waals surface area contributed by atoms with E-state index in [0.29, 0.717) is 16.0 Å². The van der Waals surface area contributed by atoms with Crippen molar-refractivity contribution in [2.24, 2.45) is 0 Å². The van der Waals surface area contributed by atoms with Gasteiger partial charge in [-0.3, -0.25) is 10.1 Å². The molecule has 0 atom stereocenters. The smallest absolute Gasteiger partial charge is 0.276 e. The third-order valence-electron chi connectivity index (χ3n) is 2.92. The topological polar surface area (TPSA) is 69.2 Å². The Kier molecular flexibility index (Phi) is 4.46. The van der Waals surface area contributed by atoms with Crippen molar-refractivity contribution in [1.29, 1.82) is 0 Å². The predicted molar refractivity (Wildman–Crippen MR) is 82.7 cm³/mol. The van der Waals surface area contributed by atoms with Crippen LogP contribution in [-0.2, 0) is 0 Å². The molecule has 2 rings (SSSR count). The largest absolute Gasteiger partial charge is 0.618 e. The number of hydrogen-bond acceptors (Lipinski definition) is 3. The molecule has 0 bridgehead atoms. The highest BCUT2D eigenvalue weighted by atomic mass is 16.6. The Bertz CT molecular complexity index is 704. The molecule has 0 saturated heterocycles. The summed E-state index contributed by atoms with van der Waals surface area (Å²) in [5, 5.41) is 22.7. The normalized spacial score (nSPS) is 11.8. The second-order valence-corrected chi connectivity index (χ2v) is 4.49. The lowest BCUT2D eigenvalue weighted by atomic mass is 10.1. The fraction of sp³-hybridized carbons (Fsp3) is 0.0625. The van der Waals surface area contributed by atoms with Crippen molar-refractivity contribution >= 4 is 23.7 Å². The summed E-state index contributed by atoms with van der Waals surface area (Å²) in [6.07, 6.45) is 4.35. The first-order valence-corrected chi connectivity index (χ1v) is 6.36. The molecule has 0 unspecified atom stereocenters. The fourth-order valence-corrected chi connectivity index (χ4v) is 1.80. The number of benzene rings is 2. The Morgan fingerprint density at radius 1 is 1.00 bits per heavy atom. The molecule has 2 aromatic rings. The number of nitro groups is 1. The van der Waals surface area contributed by atoms with Crippen LogP contribution in [0.5, 0.6) is 0 Å². The molecule has 0 spiro atoms. The number of allylic oxidation sites excluding steroid dienone is 1. The highest BCUT2D eigenvalue weighted by molar-refractivity contribution is 5.77. The quantitative estimate of drug-likeness (QED) is 0.281. The summed E-state index contributed by atoms with van der Waals surface area (Å²) in [7, 11) is 0. The second kappa shape index (κ2) is 6.47. The molecule has 0 heterocycles. The Labute approximate surface area is 122 Å². The third-order valence-corrected chi connectivity index (χ3v) is 2.92. The van der Waals surface area contributed by atoms with Crippen molar-refractivity contribution in [3.63, 3.8) is 0 Å². The summed E-state index contributed by atoms with van der Waals surface area (Å²) in [5.74, 6) is 0. The van der Waals surface area contributed by atoms with Gasteiger partial charge in [-0.1, -0.05) is 29.8 Å². The van der Waals surface area contributed by atoms with Crippen molar-refractivity contribution in [1.82, 2.24) is 0 Å². The molecule has 0 N–H and O–H groups in total. The maximum absolute atomic E-state index is 11.8. The predicted octanol–water partition coefficient (Wildman–Crippen LogP) is 3.83. The van der Waals surface area contributed by atoms with E-state index in [4.69, 9.17) is 0 Å². The molecular formula is C16H14N2O3. The van der Waals surface area contributed by atoms with E-state index in [2.05, 4.69) is 0 Å². The van der Waals surface area contributed by atoms with Crippen molar-refractivity contribution in [3.8, 4) is 0 Å². The van der Waals surface area contributed by atoms with Gasteiger partial charge in [-0.05, 0) is 19.1 Å². The molecule has 0 fully saturated rings. The van der Waals surface area contributed by atoms with Crippen molar-refractivity contribution in [2.45, 2.75) is 6.92 Å². The lowest BCUT2D eigenvalue weighted by Crippen LogP contribution is -1.95. The maximum Gasteiger partial charge on any atom is 0.276 e. The Balaban J connectivity index is 2.20. The van der Waals surface area contributed by atoms with Gasteiger partial charge in [0.05, 0.1) is 10.5 Å². The minimum Gasteiger partial charge on any atom is -0.618 e. The number of nitrogens with zero attached hydrogens (tertiary/aromatic N) is 2. The second-order valence-electron chi connectivity index (χ2n) is 4.49. The van der Waals surface area contributed by atoms with E-state index in [-0.39, 0.29) is 5.69 Å². The van der Waals surface area contributed by atoms with Gasteiger partial charge in [-0.2, -0.15) is 4.74 Å². The van der Waals surface area contributed by atoms with E-state index in [0.717, 1.165) is 5.56 Å². The summed E-state index contributed by atoms with van der Waals surface area (Å²) in [5.41, 5.74) is 2.04. The Morgan fingerprint density at radius 2 is 1.67 bits per heavy atom. The Hall–Kier alpha value is -2.95. The Morgan fingerprint density at radius 3 is 2.33 bits per heavy atom. The van der Waals surface area contributed by atoms with E-state index in [9.17, 15) is 15.3 Å². The van der Waals surface area contributed by atoms with Crippen LogP contribution in [0.2, 0.25) is 0 Å².